The Hall–Kier alpha value is -2.07. The second kappa shape index (κ2) is 7.47. The van der Waals surface area contributed by atoms with Gasteiger partial charge in [-0.3, -0.25) is 0 Å². The van der Waals surface area contributed by atoms with E-state index >= 15 is 0 Å². The third kappa shape index (κ3) is 3.17. The number of benzene rings is 3. The van der Waals surface area contributed by atoms with Crippen molar-refractivity contribution in [3.05, 3.63) is 91.0 Å². The topological polar surface area (TPSA) is 23.8 Å². The van der Waals surface area contributed by atoms with Crippen LogP contribution in [0.4, 0.5) is 0 Å². The third-order valence-electron chi connectivity index (χ3n) is 3.91. The zero-order valence-corrected chi connectivity index (χ0v) is 14.4. The van der Waals surface area contributed by atoms with E-state index in [2.05, 4.69) is 78.2 Å². The Morgan fingerprint density at radius 3 is 1.30 bits per heavy atom. The maximum atomic E-state index is 9.20. The van der Waals surface area contributed by atoms with Crippen molar-refractivity contribution in [3.63, 3.8) is 0 Å². The summed E-state index contributed by atoms with van der Waals surface area (Å²) in [7, 11) is -1.83. The van der Waals surface area contributed by atoms with Crippen molar-refractivity contribution >= 4 is 34.9 Å². The first-order valence-corrected chi connectivity index (χ1v) is 10.4. The van der Waals surface area contributed by atoms with Crippen molar-refractivity contribution in [1.82, 2.24) is 0 Å². The highest BCUT2D eigenvalue weighted by Crippen LogP contribution is 2.57. The molecule has 0 amide bonds. The summed E-state index contributed by atoms with van der Waals surface area (Å²) in [4.78, 5) is 0. The van der Waals surface area contributed by atoms with E-state index in [0.717, 1.165) is 5.49 Å². The molecule has 0 aliphatic rings. The number of nitrogens with zero attached hydrogens (tertiary/aromatic N) is 1. The lowest BCUT2D eigenvalue weighted by Crippen LogP contribution is -2.32. The van der Waals surface area contributed by atoms with E-state index in [9.17, 15) is 5.26 Å². The molecule has 0 spiro atoms. The summed E-state index contributed by atoms with van der Waals surface area (Å²) in [5.74, 6) is 0. The van der Waals surface area contributed by atoms with Gasteiger partial charge in [-0.15, -0.1) is 0 Å². The third-order valence-corrected chi connectivity index (χ3v) is 9.65. The minimum Gasteiger partial charge on any atom is -0.185 e. The van der Waals surface area contributed by atoms with Crippen LogP contribution in [-0.4, -0.2) is 5.49 Å². The minimum absolute atomic E-state index is 0.793. The first-order chi connectivity index (χ1) is 11.4. The zero-order chi connectivity index (χ0) is 16.0. The van der Waals surface area contributed by atoms with E-state index in [-0.39, 0.29) is 0 Å². The summed E-state index contributed by atoms with van der Waals surface area (Å²) in [6, 6.07) is 31.9. The Morgan fingerprint density at radius 1 is 0.652 bits per heavy atom. The van der Waals surface area contributed by atoms with Crippen molar-refractivity contribution < 1.29 is 0 Å². The minimum atomic E-state index is -1.83. The van der Waals surface area contributed by atoms with E-state index in [1.54, 1.807) is 0 Å². The Balaban J connectivity index is 2.28. The molecule has 0 saturated heterocycles. The molecule has 0 radical (unpaired) electrons. The van der Waals surface area contributed by atoms with E-state index in [1.807, 2.05) is 18.2 Å². The van der Waals surface area contributed by atoms with Crippen LogP contribution in [0.15, 0.2) is 91.0 Å². The highest BCUT2D eigenvalue weighted by Gasteiger charge is 2.45. The number of thiocyanates is 1. The fourth-order valence-electron chi connectivity index (χ4n) is 2.84. The van der Waals surface area contributed by atoms with E-state index in [1.165, 1.54) is 27.7 Å². The molecule has 0 fully saturated rings. The summed E-state index contributed by atoms with van der Waals surface area (Å²) >= 11 is 1.35. The molecule has 0 aliphatic carbocycles. The number of nitriles is 1. The van der Waals surface area contributed by atoms with Crippen LogP contribution in [0.3, 0.4) is 0 Å². The monoisotopic (exact) mass is 334 g/mol. The molecule has 3 aromatic rings. The van der Waals surface area contributed by atoms with E-state index in [4.69, 9.17) is 0 Å². The standard InChI is InChI=1S/C20H17NPS/c21-16-23-17-22(18-10-4-1-5-11-18,19-12-6-2-7-13-19)20-14-8-3-9-15-20/h1-15H,17H2/q+1. The number of hydrogen-bond donors (Lipinski definition) is 0. The average Bonchev–Trinajstić information content (AvgIpc) is 2.65. The van der Waals surface area contributed by atoms with E-state index in [0.29, 0.717) is 0 Å². The van der Waals surface area contributed by atoms with Crippen molar-refractivity contribution in [1.29, 1.82) is 5.26 Å². The molecule has 3 rings (SSSR count). The summed E-state index contributed by atoms with van der Waals surface area (Å²) in [5, 5.41) is 15.4. The number of rotatable bonds is 5. The van der Waals surface area contributed by atoms with Gasteiger partial charge in [0.05, 0.1) is 0 Å². The predicted octanol–water partition coefficient (Wildman–Crippen LogP) is 4.15. The molecule has 3 heteroatoms. The first-order valence-electron chi connectivity index (χ1n) is 7.44. The Morgan fingerprint density at radius 2 is 1.00 bits per heavy atom. The van der Waals surface area contributed by atoms with Crippen molar-refractivity contribution in [2.45, 2.75) is 0 Å². The van der Waals surface area contributed by atoms with Crippen LogP contribution in [0.2, 0.25) is 0 Å². The second-order valence-electron chi connectivity index (χ2n) is 5.18. The lowest BCUT2D eigenvalue weighted by molar-refractivity contribution is 1.57. The summed E-state index contributed by atoms with van der Waals surface area (Å²) in [6.07, 6.45) is 0. The van der Waals surface area contributed by atoms with Crippen molar-refractivity contribution in [2.24, 2.45) is 0 Å². The van der Waals surface area contributed by atoms with Crippen molar-refractivity contribution in [2.75, 3.05) is 5.49 Å². The quantitative estimate of drug-likeness (QED) is 0.517. The summed E-state index contributed by atoms with van der Waals surface area (Å²) in [5.41, 5.74) is 0.793. The van der Waals surface area contributed by atoms with Gasteiger partial charge in [0.1, 0.15) is 34.1 Å². The van der Waals surface area contributed by atoms with Gasteiger partial charge in [-0.1, -0.05) is 54.6 Å². The smallest absolute Gasteiger partial charge is 0.137 e. The summed E-state index contributed by atoms with van der Waals surface area (Å²) < 4.78 is 0. The molecule has 0 bridgehead atoms. The molecule has 0 N–H and O–H groups in total. The number of thioether (sulfide) groups is 1. The fourth-order valence-corrected chi connectivity index (χ4v) is 8.58. The fraction of sp³-hybridized carbons (Fsp3) is 0.0500. The average molecular weight is 334 g/mol. The van der Waals surface area contributed by atoms with Gasteiger partial charge >= 0.3 is 0 Å². The molecule has 0 unspecified atom stereocenters. The molecular formula is C20H17NPS+. The van der Waals surface area contributed by atoms with Gasteiger partial charge in [0.25, 0.3) is 0 Å². The lowest BCUT2D eigenvalue weighted by Gasteiger charge is -2.26. The highest BCUT2D eigenvalue weighted by molar-refractivity contribution is 8.15. The molecular weight excluding hydrogens is 317 g/mol. The normalized spacial score (nSPS) is 10.9. The maximum Gasteiger partial charge on any atom is 0.137 e. The first kappa shape index (κ1) is 15.8. The number of hydrogen-bond acceptors (Lipinski definition) is 2. The molecule has 0 aliphatic heterocycles. The highest BCUT2D eigenvalue weighted by atomic mass is 32.2. The van der Waals surface area contributed by atoms with Crippen LogP contribution in [0.5, 0.6) is 0 Å². The van der Waals surface area contributed by atoms with Gasteiger partial charge in [-0.05, 0) is 48.2 Å². The lowest BCUT2D eigenvalue weighted by atomic mass is 10.4. The predicted molar refractivity (Wildman–Crippen MR) is 103 cm³/mol. The van der Waals surface area contributed by atoms with Crippen LogP contribution in [0.1, 0.15) is 0 Å². The van der Waals surface area contributed by atoms with Gasteiger partial charge in [0.2, 0.25) is 0 Å². The molecule has 0 saturated carbocycles. The van der Waals surface area contributed by atoms with E-state index < -0.39 is 7.26 Å². The van der Waals surface area contributed by atoms with Gasteiger partial charge < -0.3 is 0 Å². The molecule has 23 heavy (non-hydrogen) atoms. The Bertz CT molecular complexity index is 685. The van der Waals surface area contributed by atoms with Crippen LogP contribution in [0.25, 0.3) is 0 Å². The largest absolute Gasteiger partial charge is 0.185 e. The van der Waals surface area contributed by atoms with Gasteiger partial charge in [-0.2, -0.15) is 5.26 Å². The van der Waals surface area contributed by atoms with Crippen LogP contribution in [-0.2, 0) is 0 Å². The van der Waals surface area contributed by atoms with Crippen LogP contribution in [0, 0.1) is 10.7 Å². The molecule has 0 atom stereocenters. The van der Waals surface area contributed by atoms with Crippen LogP contribution < -0.4 is 15.9 Å². The molecule has 112 valence electrons. The second-order valence-corrected chi connectivity index (χ2v) is 9.85. The van der Waals surface area contributed by atoms with Crippen molar-refractivity contribution in [3.8, 4) is 5.40 Å². The maximum absolute atomic E-state index is 9.20. The van der Waals surface area contributed by atoms with Crippen LogP contribution >= 0.6 is 19.0 Å². The zero-order valence-electron chi connectivity index (χ0n) is 12.7. The molecule has 1 nitrogen and oxygen atoms in total. The Labute approximate surface area is 142 Å². The van der Waals surface area contributed by atoms with Gasteiger partial charge in [0, 0.05) is 0 Å². The van der Waals surface area contributed by atoms with Gasteiger partial charge in [-0.25, -0.2) is 0 Å². The molecule has 0 aromatic heterocycles. The SMILES string of the molecule is N#CSC[P+](c1ccccc1)(c1ccccc1)c1ccccc1. The molecule has 0 heterocycles. The Kier molecular flexibility index (Phi) is 5.13. The summed E-state index contributed by atoms with van der Waals surface area (Å²) in [6.45, 7) is 0. The van der Waals surface area contributed by atoms with Gasteiger partial charge in [0.15, 0.2) is 0 Å². The molecule has 3 aromatic carbocycles.